The fourth-order valence-electron chi connectivity index (χ4n) is 3.60. The van der Waals surface area contributed by atoms with E-state index >= 15 is 0 Å². The van der Waals surface area contributed by atoms with E-state index in [1.54, 1.807) is 7.11 Å². The number of nitrogens with zero attached hydrogens (tertiary/aromatic N) is 2. The van der Waals surface area contributed by atoms with E-state index in [1.807, 2.05) is 24.3 Å². The van der Waals surface area contributed by atoms with Gasteiger partial charge in [0, 0.05) is 30.2 Å². The fourth-order valence-corrected chi connectivity index (χ4v) is 3.60. The zero-order chi connectivity index (χ0) is 23.4. The summed E-state index contributed by atoms with van der Waals surface area (Å²) in [5.41, 5.74) is 1.81. The molecule has 1 unspecified atom stereocenters. The molecule has 0 saturated heterocycles. The Bertz CT molecular complexity index is 1180. The molecule has 1 aliphatic rings. The minimum Gasteiger partial charge on any atom is -0.497 e. The van der Waals surface area contributed by atoms with Gasteiger partial charge in [-0.25, -0.2) is 13.2 Å². The van der Waals surface area contributed by atoms with Gasteiger partial charge in [0.2, 0.25) is 0 Å². The van der Waals surface area contributed by atoms with E-state index in [-0.39, 0.29) is 24.2 Å². The predicted molar refractivity (Wildman–Crippen MR) is 117 cm³/mol. The first-order chi connectivity index (χ1) is 15.9. The van der Waals surface area contributed by atoms with E-state index in [2.05, 4.69) is 5.16 Å². The molecule has 4 rings (SSSR count). The Balaban J connectivity index is 1.52. The highest BCUT2D eigenvalue weighted by molar-refractivity contribution is 6.01. The summed E-state index contributed by atoms with van der Waals surface area (Å²) in [6.45, 7) is -0.0610. The summed E-state index contributed by atoms with van der Waals surface area (Å²) in [6.07, 6.45) is -0.0614. The number of amides is 1. The normalized spacial score (nSPS) is 15.0. The third-order valence-electron chi connectivity index (χ3n) is 5.32. The highest BCUT2D eigenvalue weighted by Gasteiger charge is 2.28. The van der Waals surface area contributed by atoms with Crippen LogP contribution in [0.5, 0.6) is 5.75 Å². The Morgan fingerprint density at radius 2 is 1.82 bits per heavy atom. The average molecular weight is 454 g/mol. The Labute approximate surface area is 189 Å². The number of benzene rings is 3. The lowest BCUT2D eigenvalue weighted by molar-refractivity contribution is 0.0402. The van der Waals surface area contributed by atoms with Crippen molar-refractivity contribution in [3.8, 4) is 5.75 Å². The fraction of sp³-hybridized carbons (Fsp3) is 0.200. The molecule has 5 nitrogen and oxygen atoms in total. The monoisotopic (exact) mass is 454 g/mol. The quantitative estimate of drug-likeness (QED) is 0.508. The maximum atomic E-state index is 14.3. The van der Waals surface area contributed by atoms with Crippen LogP contribution in [0.1, 0.15) is 27.9 Å². The van der Waals surface area contributed by atoms with Gasteiger partial charge in [-0.15, -0.1) is 0 Å². The number of carbonyl (C=O) groups is 1. The van der Waals surface area contributed by atoms with Crippen LogP contribution in [0.4, 0.5) is 13.2 Å². The van der Waals surface area contributed by atoms with Crippen LogP contribution in [0.2, 0.25) is 0 Å². The standard InChI is InChI=1S/C25H21F3N2O3/c1-32-21-9-6-16(7-10-21)24-13-22(33-29-24)15-30(14-18-5-8-20(27)12-23(18)28)25(31)17-3-2-4-19(26)11-17/h2-12,22H,13-15H2,1H3. The number of halogens is 3. The summed E-state index contributed by atoms with van der Waals surface area (Å²) in [7, 11) is 1.58. The van der Waals surface area contributed by atoms with Gasteiger partial charge in [-0.2, -0.15) is 0 Å². The first kappa shape index (κ1) is 22.4. The highest BCUT2D eigenvalue weighted by Crippen LogP contribution is 2.22. The molecule has 3 aromatic rings. The topological polar surface area (TPSA) is 51.1 Å². The van der Waals surface area contributed by atoms with Crippen molar-refractivity contribution in [2.75, 3.05) is 13.7 Å². The first-order valence-electron chi connectivity index (χ1n) is 10.3. The summed E-state index contributed by atoms with van der Waals surface area (Å²) in [6, 6.07) is 15.7. The van der Waals surface area contributed by atoms with Crippen LogP contribution in [0.3, 0.4) is 0 Å². The second-order valence-electron chi connectivity index (χ2n) is 7.63. The van der Waals surface area contributed by atoms with Gasteiger partial charge in [-0.1, -0.05) is 17.3 Å². The molecule has 0 saturated carbocycles. The van der Waals surface area contributed by atoms with Crippen LogP contribution in [0.25, 0.3) is 0 Å². The Kier molecular flexibility index (Phi) is 6.63. The summed E-state index contributed by atoms with van der Waals surface area (Å²) >= 11 is 0. The number of carbonyl (C=O) groups excluding carboxylic acids is 1. The van der Waals surface area contributed by atoms with Crippen molar-refractivity contribution in [2.45, 2.75) is 19.1 Å². The van der Waals surface area contributed by atoms with Crippen molar-refractivity contribution < 1.29 is 27.5 Å². The lowest BCUT2D eigenvalue weighted by atomic mass is 10.0. The lowest BCUT2D eigenvalue weighted by Crippen LogP contribution is -2.37. The van der Waals surface area contributed by atoms with Gasteiger partial charge < -0.3 is 14.5 Å². The van der Waals surface area contributed by atoms with Gasteiger partial charge in [0.15, 0.2) is 6.10 Å². The van der Waals surface area contributed by atoms with Crippen molar-refractivity contribution in [2.24, 2.45) is 5.16 Å². The molecule has 3 aromatic carbocycles. The average Bonchev–Trinajstić information content (AvgIpc) is 3.28. The molecule has 0 aromatic heterocycles. The van der Waals surface area contributed by atoms with Crippen molar-refractivity contribution in [3.05, 3.63) is 101 Å². The summed E-state index contributed by atoms with van der Waals surface area (Å²) in [4.78, 5) is 20.0. The van der Waals surface area contributed by atoms with Crippen LogP contribution in [0.15, 0.2) is 71.9 Å². The number of hydrogen-bond acceptors (Lipinski definition) is 4. The molecule has 0 radical (unpaired) electrons. The molecule has 1 aliphatic heterocycles. The van der Waals surface area contributed by atoms with E-state index < -0.39 is 29.5 Å². The van der Waals surface area contributed by atoms with Crippen LogP contribution in [-0.4, -0.2) is 36.3 Å². The smallest absolute Gasteiger partial charge is 0.254 e. The molecule has 0 N–H and O–H groups in total. The maximum Gasteiger partial charge on any atom is 0.254 e. The van der Waals surface area contributed by atoms with E-state index in [4.69, 9.17) is 9.57 Å². The molecule has 8 heteroatoms. The SMILES string of the molecule is COc1ccc(C2=NOC(CN(Cc3ccc(F)cc3F)C(=O)c3cccc(F)c3)C2)cc1. The first-order valence-corrected chi connectivity index (χ1v) is 10.3. The third-order valence-corrected chi connectivity index (χ3v) is 5.32. The van der Waals surface area contributed by atoms with Crippen LogP contribution < -0.4 is 4.74 Å². The van der Waals surface area contributed by atoms with Crippen molar-refractivity contribution >= 4 is 11.6 Å². The van der Waals surface area contributed by atoms with E-state index in [0.717, 1.165) is 23.8 Å². The molecule has 1 amide bonds. The zero-order valence-corrected chi connectivity index (χ0v) is 17.8. The molecule has 0 bridgehead atoms. The van der Waals surface area contributed by atoms with Gasteiger partial charge in [0.05, 0.1) is 19.4 Å². The van der Waals surface area contributed by atoms with Gasteiger partial charge >= 0.3 is 0 Å². The number of methoxy groups -OCH3 is 1. The summed E-state index contributed by atoms with van der Waals surface area (Å²) in [5, 5.41) is 4.13. The highest BCUT2D eigenvalue weighted by atomic mass is 19.1. The molecule has 0 aliphatic carbocycles. The van der Waals surface area contributed by atoms with Gasteiger partial charge in [0.1, 0.15) is 23.2 Å². The number of oxime groups is 1. The number of ether oxygens (including phenoxy) is 1. The van der Waals surface area contributed by atoms with Crippen LogP contribution >= 0.6 is 0 Å². The van der Waals surface area contributed by atoms with E-state index in [1.165, 1.54) is 29.2 Å². The maximum absolute atomic E-state index is 14.3. The van der Waals surface area contributed by atoms with Crippen LogP contribution in [0, 0.1) is 17.5 Å². The molecule has 1 atom stereocenters. The minimum absolute atomic E-state index is 0.0787. The van der Waals surface area contributed by atoms with Crippen molar-refractivity contribution in [1.29, 1.82) is 0 Å². The van der Waals surface area contributed by atoms with Gasteiger partial charge in [-0.3, -0.25) is 4.79 Å². The van der Waals surface area contributed by atoms with E-state index in [0.29, 0.717) is 17.9 Å². The molecule has 33 heavy (non-hydrogen) atoms. The Morgan fingerprint density at radius 3 is 2.52 bits per heavy atom. The Hall–Kier alpha value is -3.81. The minimum atomic E-state index is -0.769. The zero-order valence-electron chi connectivity index (χ0n) is 17.8. The lowest BCUT2D eigenvalue weighted by Gasteiger charge is -2.25. The number of hydrogen-bond donors (Lipinski definition) is 0. The number of rotatable bonds is 7. The molecule has 0 spiro atoms. The second kappa shape index (κ2) is 9.77. The van der Waals surface area contributed by atoms with Gasteiger partial charge in [-0.05, 0) is 54.1 Å². The molecular weight excluding hydrogens is 433 g/mol. The summed E-state index contributed by atoms with van der Waals surface area (Å²) in [5.74, 6) is -1.83. The largest absolute Gasteiger partial charge is 0.497 e. The molecular formula is C25H21F3N2O3. The van der Waals surface area contributed by atoms with Crippen LogP contribution in [-0.2, 0) is 11.4 Å². The predicted octanol–water partition coefficient (Wildman–Crippen LogP) is 4.95. The molecule has 0 fully saturated rings. The Morgan fingerprint density at radius 1 is 1.06 bits per heavy atom. The van der Waals surface area contributed by atoms with Crippen molar-refractivity contribution in [1.82, 2.24) is 4.90 Å². The van der Waals surface area contributed by atoms with E-state index in [9.17, 15) is 18.0 Å². The second-order valence-corrected chi connectivity index (χ2v) is 7.63. The summed E-state index contributed by atoms with van der Waals surface area (Å²) < 4.78 is 46.5. The van der Waals surface area contributed by atoms with Crippen molar-refractivity contribution in [3.63, 3.8) is 0 Å². The molecule has 170 valence electrons. The third kappa shape index (κ3) is 5.34. The molecule has 1 heterocycles. The van der Waals surface area contributed by atoms with Gasteiger partial charge in [0.25, 0.3) is 5.91 Å².